The number of nitrogens with one attached hydrogen (secondary N) is 1. The highest BCUT2D eigenvalue weighted by Crippen LogP contribution is 2.46. The zero-order valence-electron chi connectivity index (χ0n) is 15.6. The molecule has 1 amide bonds. The Hall–Kier alpha value is -1.69. The van der Waals surface area contributed by atoms with Gasteiger partial charge in [-0.05, 0) is 61.0 Å². The molecule has 0 fully saturated rings. The van der Waals surface area contributed by atoms with Gasteiger partial charge in [-0.15, -0.1) is 0 Å². The Labute approximate surface area is 200 Å². The van der Waals surface area contributed by atoms with E-state index in [9.17, 15) is 14.7 Å². The van der Waals surface area contributed by atoms with Crippen LogP contribution in [0.25, 0.3) is 11.3 Å². The number of rotatable bonds is 2. The molecule has 0 spiro atoms. The minimum atomic E-state index is -0.816. The summed E-state index contributed by atoms with van der Waals surface area (Å²) in [6.07, 6.45) is 0.986. The Bertz CT molecular complexity index is 1260. The smallest absolute Gasteiger partial charge is 0.325 e. The molecule has 2 aromatic carbocycles. The summed E-state index contributed by atoms with van der Waals surface area (Å²) in [4.78, 5) is 30.2. The lowest BCUT2D eigenvalue weighted by atomic mass is 10.0. The fourth-order valence-electron chi connectivity index (χ4n) is 3.50. The SMILES string of the molecule is CSc1n[n+]2c(c(=O)[nH]1)-c1ccccc1N(C(C)=O)C2c1c(Br)cc(Br)c(O)c1Br. The van der Waals surface area contributed by atoms with Crippen molar-refractivity contribution in [2.45, 2.75) is 18.2 Å². The van der Waals surface area contributed by atoms with Crippen molar-refractivity contribution in [1.29, 1.82) is 0 Å². The summed E-state index contributed by atoms with van der Waals surface area (Å²) >= 11 is 11.6. The highest BCUT2D eigenvalue weighted by atomic mass is 79.9. The van der Waals surface area contributed by atoms with E-state index < -0.39 is 6.17 Å². The second kappa shape index (κ2) is 8.10. The number of aromatic nitrogens is 3. The Morgan fingerprint density at radius 1 is 1.27 bits per heavy atom. The molecule has 1 aliphatic heterocycles. The number of phenolic OH excluding ortho intramolecular Hbond substituents is 1. The third-order valence-electron chi connectivity index (χ3n) is 4.73. The molecule has 0 bridgehead atoms. The minimum Gasteiger partial charge on any atom is -0.506 e. The lowest BCUT2D eigenvalue weighted by molar-refractivity contribution is -0.763. The Morgan fingerprint density at radius 2 is 1.97 bits per heavy atom. The molecule has 4 rings (SSSR count). The molecule has 154 valence electrons. The van der Waals surface area contributed by atoms with Gasteiger partial charge in [-0.1, -0.05) is 39.8 Å². The van der Waals surface area contributed by atoms with Gasteiger partial charge < -0.3 is 5.11 Å². The van der Waals surface area contributed by atoms with E-state index in [1.165, 1.54) is 23.4 Å². The number of para-hydroxylation sites is 1. The average Bonchev–Trinajstić information content (AvgIpc) is 2.71. The van der Waals surface area contributed by atoms with Crippen LogP contribution in [-0.2, 0) is 4.79 Å². The number of thioether (sulfide) groups is 1. The van der Waals surface area contributed by atoms with Crippen LogP contribution in [0.5, 0.6) is 5.75 Å². The number of halogens is 3. The first-order valence-corrected chi connectivity index (χ1v) is 12.2. The highest BCUT2D eigenvalue weighted by molar-refractivity contribution is 9.11. The lowest BCUT2D eigenvalue weighted by Crippen LogP contribution is -2.60. The molecular weight excluding hydrogens is 604 g/mol. The van der Waals surface area contributed by atoms with Gasteiger partial charge in [0.25, 0.3) is 6.17 Å². The first-order chi connectivity index (χ1) is 14.3. The van der Waals surface area contributed by atoms with Crippen molar-refractivity contribution in [3.8, 4) is 17.0 Å². The summed E-state index contributed by atoms with van der Waals surface area (Å²) in [6.45, 7) is 1.46. The van der Waals surface area contributed by atoms with E-state index in [-0.39, 0.29) is 17.2 Å². The van der Waals surface area contributed by atoms with E-state index in [0.29, 0.717) is 41.1 Å². The van der Waals surface area contributed by atoms with Crippen molar-refractivity contribution in [1.82, 2.24) is 10.1 Å². The van der Waals surface area contributed by atoms with Gasteiger partial charge in [-0.2, -0.15) is 0 Å². The van der Waals surface area contributed by atoms with Crippen LogP contribution >= 0.6 is 59.6 Å². The molecule has 0 saturated heterocycles. The third-order valence-corrected chi connectivity index (χ3v) is 7.36. The summed E-state index contributed by atoms with van der Waals surface area (Å²) in [7, 11) is 0. The average molecular weight is 618 g/mol. The van der Waals surface area contributed by atoms with E-state index >= 15 is 0 Å². The van der Waals surface area contributed by atoms with Crippen molar-refractivity contribution in [3.05, 3.63) is 59.7 Å². The normalized spacial score (nSPS) is 15.0. The molecule has 3 aromatic rings. The lowest BCUT2D eigenvalue weighted by Gasteiger charge is -2.32. The Morgan fingerprint density at radius 3 is 2.63 bits per heavy atom. The van der Waals surface area contributed by atoms with Crippen LogP contribution in [0.1, 0.15) is 18.7 Å². The Kier molecular flexibility index (Phi) is 5.82. The number of carbonyl (C=O) groups excluding carboxylic acids is 1. The first kappa shape index (κ1) is 21.5. The molecule has 11 heteroatoms. The van der Waals surface area contributed by atoms with Gasteiger partial charge in [0.05, 0.1) is 25.8 Å². The summed E-state index contributed by atoms with van der Waals surface area (Å²) in [5.41, 5.74) is 1.74. The number of fused-ring (bicyclic) bond motifs is 3. The van der Waals surface area contributed by atoms with Crippen molar-refractivity contribution < 1.29 is 14.6 Å². The van der Waals surface area contributed by atoms with Crippen LogP contribution in [0.15, 0.2) is 53.7 Å². The number of hydrogen-bond acceptors (Lipinski definition) is 5. The minimum absolute atomic E-state index is 0.0207. The quantitative estimate of drug-likeness (QED) is 0.330. The third kappa shape index (κ3) is 3.31. The van der Waals surface area contributed by atoms with Crippen molar-refractivity contribution in [2.24, 2.45) is 0 Å². The predicted molar refractivity (Wildman–Crippen MR) is 125 cm³/mol. The maximum absolute atomic E-state index is 13.0. The number of hydrogen-bond donors (Lipinski definition) is 2. The van der Waals surface area contributed by atoms with Crippen LogP contribution in [0.4, 0.5) is 5.69 Å². The van der Waals surface area contributed by atoms with E-state index in [4.69, 9.17) is 0 Å². The van der Waals surface area contributed by atoms with Gasteiger partial charge in [-0.3, -0.25) is 14.6 Å². The van der Waals surface area contributed by atoms with Crippen LogP contribution in [-0.4, -0.2) is 27.4 Å². The molecule has 2 heterocycles. The number of nitrogens with zero attached hydrogens (tertiary/aromatic N) is 3. The number of benzene rings is 2. The molecule has 0 radical (unpaired) electrons. The van der Waals surface area contributed by atoms with Crippen molar-refractivity contribution >= 4 is 71.1 Å². The van der Waals surface area contributed by atoms with E-state index in [1.807, 2.05) is 6.07 Å². The molecule has 1 aliphatic rings. The summed E-state index contributed by atoms with van der Waals surface area (Å²) in [5, 5.41) is 15.6. The predicted octanol–water partition coefficient (Wildman–Crippen LogP) is 4.35. The van der Waals surface area contributed by atoms with Gasteiger partial charge >= 0.3 is 11.3 Å². The molecule has 1 aromatic heterocycles. The molecule has 0 aliphatic carbocycles. The molecule has 2 N–H and O–H groups in total. The monoisotopic (exact) mass is 615 g/mol. The number of phenols is 1. The fraction of sp³-hybridized carbons (Fsp3) is 0.158. The van der Waals surface area contributed by atoms with E-state index in [0.717, 1.165) is 0 Å². The number of amides is 1. The zero-order valence-corrected chi connectivity index (χ0v) is 21.2. The molecule has 1 atom stereocenters. The number of aromatic amines is 1. The standard InChI is InChI=1S/C19H13Br3N4O3S/c1-8(27)25-12-6-4-3-5-9(12)15-17(29)23-19(30-2)24-26(15)18(25)13-10(20)7-11(21)16(28)14(13)22/h3-7,18H,1-2H3,(H-,23,24,28,29)/p+1. The second-order valence-corrected chi connectivity index (χ2v) is 9.75. The van der Waals surface area contributed by atoms with Crippen LogP contribution in [0.2, 0.25) is 0 Å². The highest BCUT2D eigenvalue weighted by Gasteiger charge is 2.47. The van der Waals surface area contributed by atoms with Gasteiger partial charge in [0.2, 0.25) is 11.1 Å². The van der Waals surface area contributed by atoms with Crippen LogP contribution in [0.3, 0.4) is 0 Å². The molecular formula is C19H14Br3N4O3S+. The summed E-state index contributed by atoms with van der Waals surface area (Å²) < 4.78 is 3.02. The molecule has 0 saturated carbocycles. The molecule has 7 nitrogen and oxygen atoms in total. The largest absolute Gasteiger partial charge is 0.506 e. The van der Waals surface area contributed by atoms with Crippen molar-refractivity contribution in [2.75, 3.05) is 11.2 Å². The van der Waals surface area contributed by atoms with Crippen LogP contribution < -0.4 is 15.1 Å². The summed E-state index contributed by atoms with van der Waals surface area (Å²) in [6, 6.07) is 8.88. The first-order valence-electron chi connectivity index (χ1n) is 8.62. The van der Waals surface area contributed by atoms with Gasteiger partial charge in [-0.25, -0.2) is 4.90 Å². The summed E-state index contributed by atoms with van der Waals surface area (Å²) in [5.74, 6) is -0.257. The Balaban J connectivity index is 2.17. The maximum atomic E-state index is 13.0. The number of anilines is 1. The molecule has 30 heavy (non-hydrogen) atoms. The second-order valence-electron chi connectivity index (χ2n) is 6.45. The van der Waals surface area contributed by atoms with Gasteiger partial charge in [0.15, 0.2) is 0 Å². The van der Waals surface area contributed by atoms with Gasteiger partial charge in [0.1, 0.15) is 5.75 Å². The topological polar surface area (TPSA) is 90.2 Å². The number of carbonyl (C=O) groups is 1. The van der Waals surface area contributed by atoms with Crippen molar-refractivity contribution in [3.63, 3.8) is 0 Å². The fourth-order valence-corrected chi connectivity index (χ4v) is 6.39. The number of H-pyrrole nitrogens is 1. The van der Waals surface area contributed by atoms with E-state index in [1.54, 1.807) is 35.4 Å². The maximum Gasteiger partial charge on any atom is 0.325 e. The van der Waals surface area contributed by atoms with Crippen LogP contribution in [0, 0.1) is 0 Å². The molecule has 1 unspecified atom stereocenters. The van der Waals surface area contributed by atoms with E-state index in [2.05, 4.69) is 57.9 Å². The zero-order chi connectivity index (χ0) is 21.7. The number of aromatic hydroxyl groups is 1. The van der Waals surface area contributed by atoms with Gasteiger partial charge in [0, 0.05) is 16.5 Å².